The largest absolute Gasteiger partial charge is 0.439 e. The molecule has 1 N–H and O–H groups in total. The number of carbonyl (C=O) groups excluding carboxylic acids is 1. The van der Waals surface area contributed by atoms with Gasteiger partial charge in [0.2, 0.25) is 11.8 Å². The Morgan fingerprint density at radius 1 is 1.25 bits per heavy atom. The SMILES string of the molecule is Cc1ccccc1-n1nc(C)c(CCC(=O)NCC2CCCO2)c1Oc1cccc(F)c1. The van der Waals surface area contributed by atoms with Crippen molar-refractivity contribution in [1.29, 1.82) is 0 Å². The van der Waals surface area contributed by atoms with E-state index in [1.54, 1.807) is 16.8 Å². The highest BCUT2D eigenvalue weighted by Gasteiger charge is 2.21. The van der Waals surface area contributed by atoms with E-state index in [1.165, 1.54) is 12.1 Å². The van der Waals surface area contributed by atoms with Crippen molar-refractivity contribution in [2.24, 2.45) is 0 Å². The molecule has 1 unspecified atom stereocenters. The maximum absolute atomic E-state index is 13.8. The lowest BCUT2D eigenvalue weighted by molar-refractivity contribution is -0.121. The van der Waals surface area contributed by atoms with Gasteiger partial charge in [-0.2, -0.15) is 9.78 Å². The molecule has 0 radical (unpaired) electrons. The van der Waals surface area contributed by atoms with Gasteiger partial charge in [0, 0.05) is 31.2 Å². The van der Waals surface area contributed by atoms with Crippen molar-refractivity contribution in [3.05, 3.63) is 71.2 Å². The Bertz CT molecular complexity index is 1090. The van der Waals surface area contributed by atoms with Gasteiger partial charge in [-0.05, 0) is 56.9 Å². The number of ether oxygens (including phenoxy) is 2. The fourth-order valence-electron chi connectivity index (χ4n) is 3.90. The molecule has 6 nitrogen and oxygen atoms in total. The van der Waals surface area contributed by atoms with Gasteiger partial charge >= 0.3 is 0 Å². The van der Waals surface area contributed by atoms with Crippen LogP contribution in [-0.2, 0) is 16.0 Å². The highest BCUT2D eigenvalue weighted by molar-refractivity contribution is 5.76. The van der Waals surface area contributed by atoms with E-state index < -0.39 is 0 Å². The number of amides is 1. The molecule has 1 amide bonds. The second-order valence-electron chi connectivity index (χ2n) is 8.07. The zero-order chi connectivity index (χ0) is 22.5. The number of benzene rings is 2. The van der Waals surface area contributed by atoms with Gasteiger partial charge in [-0.3, -0.25) is 4.79 Å². The highest BCUT2D eigenvalue weighted by atomic mass is 19.1. The lowest BCUT2D eigenvalue weighted by Gasteiger charge is -2.13. The van der Waals surface area contributed by atoms with Crippen LogP contribution in [0.4, 0.5) is 4.39 Å². The van der Waals surface area contributed by atoms with Crippen LogP contribution in [0.1, 0.15) is 36.1 Å². The first-order valence-electron chi connectivity index (χ1n) is 11.0. The van der Waals surface area contributed by atoms with E-state index in [0.717, 1.165) is 42.0 Å². The molecule has 0 aliphatic carbocycles. The van der Waals surface area contributed by atoms with Crippen LogP contribution in [-0.4, -0.2) is 34.9 Å². The summed E-state index contributed by atoms with van der Waals surface area (Å²) in [6.45, 7) is 5.19. The number of hydrogen-bond donors (Lipinski definition) is 1. The zero-order valence-corrected chi connectivity index (χ0v) is 18.4. The van der Waals surface area contributed by atoms with E-state index in [4.69, 9.17) is 14.6 Å². The van der Waals surface area contributed by atoms with Crippen molar-refractivity contribution in [3.63, 3.8) is 0 Å². The van der Waals surface area contributed by atoms with Crippen LogP contribution in [0.5, 0.6) is 11.6 Å². The summed E-state index contributed by atoms with van der Waals surface area (Å²) >= 11 is 0. The maximum atomic E-state index is 13.8. The van der Waals surface area contributed by atoms with Crippen molar-refractivity contribution < 1.29 is 18.7 Å². The van der Waals surface area contributed by atoms with Gasteiger partial charge in [-0.1, -0.05) is 24.3 Å². The predicted molar refractivity (Wildman–Crippen MR) is 120 cm³/mol. The van der Waals surface area contributed by atoms with E-state index >= 15 is 0 Å². The molecular weight excluding hydrogens is 409 g/mol. The molecule has 2 aromatic carbocycles. The molecule has 4 rings (SSSR count). The summed E-state index contributed by atoms with van der Waals surface area (Å²) in [6, 6.07) is 13.9. The lowest BCUT2D eigenvalue weighted by Crippen LogP contribution is -2.31. The second kappa shape index (κ2) is 9.96. The van der Waals surface area contributed by atoms with Crippen molar-refractivity contribution in [3.8, 4) is 17.3 Å². The van der Waals surface area contributed by atoms with Crippen LogP contribution in [0, 0.1) is 19.7 Å². The van der Waals surface area contributed by atoms with Crippen LogP contribution < -0.4 is 10.1 Å². The van der Waals surface area contributed by atoms with Crippen LogP contribution in [0.25, 0.3) is 5.69 Å². The summed E-state index contributed by atoms with van der Waals surface area (Å²) in [6.07, 6.45) is 2.88. The number of aromatic nitrogens is 2. The van der Waals surface area contributed by atoms with E-state index in [2.05, 4.69) is 5.32 Å². The van der Waals surface area contributed by atoms with Gasteiger partial charge in [0.1, 0.15) is 11.6 Å². The first-order valence-corrected chi connectivity index (χ1v) is 11.0. The number of para-hydroxylation sites is 1. The smallest absolute Gasteiger partial charge is 0.226 e. The summed E-state index contributed by atoms with van der Waals surface area (Å²) < 4.78 is 27.2. The first kappa shape index (κ1) is 22.0. The van der Waals surface area contributed by atoms with E-state index in [1.807, 2.05) is 38.1 Å². The summed E-state index contributed by atoms with van der Waals surface area (Å²) in [5.41, 5.74) is 3.49. The number of rotatable bonds is 8. The molecule has 1 aliphatic heterocycles. The predicted octanol–water partition coefficient (Wildman–Crippen LogP) is 4.65. The minimum absolute atomic E-state index is 0.0414. The lowest BCUT2D eigenvalue weighted by atomic mass is 10.1. The molecule has 0 bridgehead atoms. The van der Waals surface area contributed by atoms with Crippen LogP contribution >= 0.6 is 0 Å². The molecule has 1 fully saturated rings. The van der Waals surface area contributed by atoms with Crippen molar-refractivity contribution in [1.82, 2.24) is 15.1 Å². The Labute approximate surface area is 187 Å². The average molecular weight is 438 g/mol. The minimum Gasteiger partial charge on any atom is -0.439 e. The van der Waals surface area contributed by atoms with E-state index in [-0.39, 0.29) is 17.8 Å². The Hall–Kier alpha value is -3.19. The Kier molecular flexibility index (Phi) is 6.85. The number of nitrogens with one attached hydrogen (secondary N) is 1. The molecule has 168 valence electrons. The second-order valence-corrected chi connectivity index (χ2v) is 8.07. The van der Waals surface area contributed by atoms with Crippen molar-refractivity contribution in [2.75, 3.05) is 13.2 Å². The Morgan fingerprint density at radius 2 is 2.09 bits per heavy atom. The summed E-state index contributed by atoms with van der Waals surface area (Å²) in [5.74, 6) is 0.453. The van der Waals surface area contributed by atoms with Gasteiger partial charge in [0.05, 0.1) is 17.5 Å². The third-order valence-electron chi connectivity index (χ3n) is 5.64. The Balaban J connectivity index is 1.57. The first-order chi connectivity index (χ1) is 15.5. The van der Waals surface area contributed by atoms with Gasteiger partial charge < -0.3 is 14.8 Å². The van der Waals surface area contributed by atoms with Gasteiger partial charge in [0.25, 0.3) is 0 Å². The summed E-state index contributed by atoms with van der Waals surface area (Å²) in [5, 5.41) is 7.65. The fourth-order valence-corrected chi connectivity index (χ4v) is 3.90. The Morgan fingerprint density at radius 3 is 2.84 bits per heavy atom. The molecule has 1 saturated heterocycles. The molecule has 1 aliphatic rings. The molecule has 0 spiro atoms. The number of hydrogen-bond acceptors (Lipinski definition) is 4. The summed E-state index contributed by atoms with van der Waals surface area (Å²) in [7, 11) is 0. The fraction of sp³-hybridized carbons (Fsp3) is 0.360. The topological polar surface area (TPSA) is 65.4 Å². The minimum atomic E-state index is -0.378. The van der Waals surface area contributed by atoms with Crippen molar-refractivity contribution in [2.45, 2.75) is 45.6 Å². The molecule has 32 heavy (non-hydrogen) atoms. The average Bonchev–Trinajstić information content (AvgIpc) is 3.39. The van der Waals surface area contributed by atoms with Gasteiger partial charge in [-0.25, -0.2) is 4.39 Å². The molecule has 2 heterocycles. The monoisotopic (exact) mass is 437 g/mol. The van der Waals surface area contributed by atoms with Crippen LogP contribution in [0.3, 0.4) is 0 Å². The van der Waals surface area contributed by atoms with E-state index in [0.29, 0.717) is 31.0 Å². The normalized spacial score (nSPS) is 15.7. The molecule has 3 aromatic rings. The van der Waals surface area contributed by atoms with Gasteiger partial charge in [-0.15, -0.1) is 0 Å². The molecule has 1 aromatic heterocycles. The molecule has 7 heteroatoms. The standard InChI is InChI=1S/C25H28FN3O3/c1-17-7-3-4-11-23(17)29-25(32-20-9-5-8-19(26)15-20)22(18(2)28-29)12-13-24(30)27-16-21-10-6-14-31-21/h3-5,7-9,11,15,21H,6,10,12-14,16H2,1-2H3,(H,27,30). The van der Waals surface area contributed by atoms with Crippen molar-refractivity contribution >= 4 is 5.91 Å². The third-order valence-corrected chi connectivity index (χ3v) is 5.64. The number of nitrogens with zero attached hydrogens (tertiary/aromatic N) is 2. The number of carbonyl (C=O) groups is 1. The highest BCUT2D eigenvalue weighted by Crippen LogP contribution is 2.32. The quantitative estimate of drug-likeness (QED) is 0.557. The van der Waals surface area contributed by atoms with Crippen LogP contribution in [0.15, 0.2) is 48.5 Å². The van der Waals surface area contributed by atoms with Gasteiger partial charge in [0.15, 0.2) is 0 Å². The number of aryl methyl sites for hydroxylation is 2. The van der Waals surface area contributed by atoms with E-state index in [9.17, 15) is 9.18 Å². The van der Waals surface area contributed by atoms with Crippen LogP contribution in [0.2, 0.25) is 0 Å². The third kappa shape index (κ3) is 5.16. The molecule has 0 saturated carbocycles. The molecular formula is C25H28FN3O3. The zero-order valence-electron chi connectivity index (χ0n) is 18.4. The number of halogens is 1. The maximum Gasteiger partial charge on any atom is 0.226 e. The molecule has 1 atom stereocenters. The summed E-state index contributed by atoms with van der Waals surface area (Å²) in [4.78, 5) is 12.4.